The minimum absolute atomic E-state index is 0.0497. The monoisotopic (exact) mass is 534 g/mol. The van der Waals surface area contributed by atoms with E-state index in [-0.39, 0.29) is 24.2 Å². The summed E-state index contributed by atoms with van der Waals surface area (Å²) in [6, 6.07) is 11.1. The molecule has 206 valence electrons. The zero-order valence-electron chi connectivity index (χ0n) is 21.5. The second-order valence-electron chi connectivity index (χ2n) is 8.83. The fraction of sp³-hybridized carbons (Fsp3) is 0.423. The molecule has 3 rings (SSSR count). The highest BCUT2D eigenvalue weighted by Gasteiger charge is 2.31. The Hall–Kier alpha value is -3.96. The molecule has 0 aromatic heterocycles. The molecule has 1 aliphatic rings. The van der Waals surface area contributed by atoms with Crippen LogP contribution in [0.1, 0.15) is 25.8 Å². The van der Waals surface area contributed by atoms with Gasteiger partial charge in [0.2, 0.25) is 5.91 Å². The number of benzene rings is 2. The summed E-state index contributed by atoms with van der Waals surface area (Å²) in [7, 11) is 0. The number of hydrogen-bond donors (Lipinski definition) is 3. The van der Waals surface area contributed by atoms with Crippen LogP contribution >= 0.6 is 0 Å². The number of hydrogen-bond acceptors (Lipinski definition) is 4. The van der Waals surface area contributed by atoms with Crippen LogP contribution in [0.4, 0.5) is 39.8 Å². The van der Waals surface area contributed by atoms with E-state index in [0.717, 1.165) is 24.2 Å². The Kier molecular flexibility index (Phi) is 9.80. The summed E-state index contributed by atoms with van der Waals surface area (Å²) in [6.07, 6.45) is -3.75. The maximum absolute atomic E-state index is 12.9. The van der Waals surface area contributed by atoms with Gasteiger partial charge >= 0.3 is 18.2 Å². The lowest BCUT2D eigenvalue weighted by Gasteiger charge is -2.36. The maximum Gasteiger partial charge on any atom is 0.416 e. The molecule has 3 N–H and O–H groups in total. The lowest BCUT2D eigenvalue weighted by molar-refractivity contribution is -0.137. The molecule has 0 saturated carbocycles. The van der Waals surface area contributed by atoms with Crippen LogP contribution in [0, 0.1) is 0 Å². The van der Waals surface area contributed by atoms with E-state index in [0.29, 0.717) is 45.0 Å². The SMILES string of the molecule is CCCN(CC(=O)Nc1ccc(N2CCN(C(=O)Nc3cccc(C(F)(F)F)c3)CC2)cc1)C(=O)NCC. The third kappa shape index (κ3) is 8.02. The summed E-state index contributed by atoms with van der Waals surface area (Å²) in [5, 5.41) is 8.05. The lowest BCUT2D eigenvalue weighted by Crippen LogP contribution is -2.50. The van der Waals surface area contributed by atoms with Crippen LogP contribution in [-0.4, -0.2) is 73.6 Å². The van der Waals surface area contributed by atoms with E-state index < -0.39 is 17.8 Å². The standard InChI is InChI=1S/C26H33F3N6O3/c1-3-12-35(24(37)30-4-2)18-23(36)31-20-8-10-22(11-9-20)33-13-15-34(16-14-33)25(38)32-21-7-5-6-19(17-21)26(27,28)29/h5-11,17H,3-4,12-16,18H2,1-2H3,(H,30,37)(H,31,36)(H,32,38). The third-order valence-corrected chi connectivity index (χ3v) is 5.97. The highest BCUT2D eigenvalue weighted by atomic mass is 19.4. The number of amides is 5. The molecule has 1 aliphatic heterocycles. The Balaban J connectivity index is 1.49. The summed E-state index contributed by atoms with van der Waals surface area (Å²) in [6.45, 7) is 6.54. The topological polar surface area (TPSA) is 97.0 Å². The van der Waals surface area contributed by atoms with E-state index in [1.807, 2.05) is 26.0 Å². The Labute approximate surface area is 220 Å². The number of rotatable bonds is 8. The molecule has 0 atom stereocenters. The number of carbonyl (C=O) groups excluding carboxylic acids is 3. The first-order valence-electron chi connectivity index (χ1n) is 12.5. The summed E-state index contributed by atoms with van der Waals surface area (Å²) < 4.78 is 38.8. The largest absolute Gasteiger partial charge is 0.416 e. The van der Waals surface area contributed by atoms with Gasteiger partial charge in [0.1, 0.15) is 6.54 Å². The molecular weight excluding hydrogens is 501 g/mol. The predicted molar refractivity (Wildman–Crippen MR) is 140 cm³/mol. The van der Waals surface area contributed by atoms with Gasteiger partial charge in [0.05, 0.1) is 5.56 Å². The quantitative estimate of drug-likeness (QED) is 0.467. The highest BCUT2D eigenvalue weighted by Crippen LogP contribution is 2.30. The van der Waals surface area contributed by atoms with Gasteiger partial charge in [0.15, 0.2) is 0 Å². The smallest absolute Gasteiger partial charge is 0.368 e. The molecule has 38 heavy (non-hydrogen) atoms. The normalized spacial score (nSPS) is 13.6. The Bertz CT molecular complexity index is 1100. The van der Waals surface area contributed by atoms with Crippen molar-refractivity contribution >= 4 is 35.0 Å². The Morgan fingerprint density at radius 2 is 1.61 bits per heavy atom. The number of nitrogens with one attached hydrogen (secondary N) is 3. The van der Waals surface area contributed by atoms with Crippen molar-refractivity contribution in [1.82, 2.24) is 15.1 Å². The lowest BCUT2D eigenvalue weighted by atomic mass is 10.2. The molecule has 5 amide bonds. The van der Waals surface area contributed by atoms with Crippen LogP contribution in [0.3, 0.4) is 0 Å². The van der Waals surface area contributed by atoms with Crippen molar-refractivity contribution in [1.29, 1.82) is 0 Å². The van der Waals surface area contributed by atoms with E-state index in [2.05, 4.69) is 20.9 Å². The van der Waals surface area contributed by atoms with Gasteiger partial charge in [-0.2, -0.15) is 13.2 Å². The molecule has 0 unspecified atom stereocenters. The van der Waals surface area contributed by atoms with Crippen molar-refractivity contribution < 1.29 is 27.6 Å². The fourth-order valence-electron chi connectivity index (χ4n) is 4.06. The Morgan fingerprint density at radius 1 is 0.921 bits per heavy atom. The van der Waals surface area contributed by atoms with E-state index >= 15 is 0 Å². The average molecular weight is 535 g/mol. The van der Waals surface area contributed by atoms with Crippen molar-refractivity contribution in [2.45, 2.75) is 26.4 Å². The van der Waals surface area contributed by atoms with Gasteiger partial charge in [-0.05, 0) is 55.8 Å². The number of piperazine rings is 1. The van der Waals surface area contributed by atoms with Crippen molar-refractivity contribution in [3.05, 3.63) is 54.1 Å². The number of anilines is 3. The van der Waals surface area contributed by atoms with Crippen LogP contribution in [-0.2, 0) is 11.0 Å². The number of urea groups is 2. The summed E-state index contributed by atoms with van der Waals surface area (Å²) in [4.78, 5) is 42.2. The summed E-state index contributed by atoms with van der Waals surface area (Å²) in [5.41, 5.74) is 0.787. The third-order valence-electron chi connectivity index (χ3n) is 5.97. The molecule has 9 nitrogen and oxygen atoms in total. The fourth-order valence-corrected chi connectivity index (χ4v) is 4.06. The summed E-state index contributed by atoms with van der Waals surface area (Å²) >= 11 is 0. The molecule has 0 spiro atoms. The van der Waals surface area contributed by atoms with Gasteiger partial charge in [-0.15, -0.1) is 0 Å². The first-order valence-corrected chi connectivity index (χ1v) is 12.5. The molecule has 0 aliphatic carbocycles. The maximum atomic E-state index is 12.9. The summed E-state index contributed by atoms with van der Waals surface area (Å²) in [5.74, 6) is -0.294. The molecule has 1 heterocycles. The molecular formula is C26H33F3N6O3. The van der Waals surface area contributed by atoms with Crippen molar-refractivity contribution in [3.8, 4) is 0 Å². The first-order chi connectivity index (χ1) is 18.1. The van der Waals surface area contributed by atoms with E-state index in [9.17, 15) is 27.6 Å². The van der Waals surface area contributed by atoms with Gasteiger partial charge in [0, 0.05) is 56.3 Å². The van der Waals surface area contributed by atoms with Gasteiger partial charge < -0.3 is 30.7 Å². The minimum Gasteiger partial charge on any atom is -0.368 e. The zero-order valence-corrected chi connectivity index (χ0v) is 21.5. The number of nitrogens with zero attached hydrogens (tertiary/aromatic N) is 3. The van der Waals surface area contributed by atoms with Crippen LogP contribution in [0.15, 0.2) is 48.5 Å². The molecule has 1 fully saturated rings. The minimum atomic E-state index is -4.48. The van der Waals surface area contributed by atoms with Gasteiger partial charge in [-0.3, -0.25) is 4.79 Å². The zero-order chi connectivity index (χ0) is 27.7. The second-order valence-corrected chi connectivity index (χ2v) is 8.83. The van der Waals surface area contributed by atoms with Gasteiger partial charge in [0.25, 0.3) is 0 Å². The van der Waals surface area contributed by atoms with Crippen molar-refractivity contribution in [3.63, 3.8) is 0 Å². The van der Waals surface area contributed by atoms with Gasteiger partial charge in [-0.1, -0.05) is 13.0 Å². The molecule has 12 heteroatoms. The average Bonchev–Trinajstić information content (AvgIpc) is 2.89. The molecule has 1 saturated heterocycles. The molecule has 0 bridgehead atoms. The first kappa shape index (κ1) is 28.6. The van der Waals surface area contributed by atoms with Crippen molar-refractivity contribution in [2.24, 2.45) is 0 Å². The molecule has 2 aromatic rings. The Morgan fingerprint density at radius 3 is 2.21 bits per heavy atom. The van der Waals surface area contributed by atoms with Crippen LogP contribution < -0.4 is 20.9 Å². The molecule has 0 radical (unpaired) electrons. The van der Waals surface area contributed by atoms with Crippen molar-refractivity contribution in [2.75, 3.05) is 61.3 Å². The van der Waals surface area contributed by atoms with Crippen LogP contribution in [0.25, 0.3) is 0 Å². The van der Waals surface area contributed by atoms with Crippen LogP contribution in [0.5, 0.6) is 0 Å². The predicted octanol–water partition coefficient (Wildman–Crippen LogP) is 4.44. The molecule has 2 aromatic carbocycles. The van der Waals surface area contributed by atoms with Crippen LogP contribution in [0.2, 0.25) is 0 Å². The highest BCUT2D eigenvalue weighted by molar-refractivity contribution is 5.94. The number of alkyl halides is 3. The number of carbonyl (C=O) groups is 3. The second kappa shape index (κ2) is 13.0. The van der Waals surface area contributed by atoms with E-state index in [1.165, 1.54) is 17.0 Å². The number of halogens is 3. The van der Waals surface area contributed by atoms with E-state index in [4.69, 9.17) is 0 Å². The van der Waals surface area contributed by atoms with Gasteiger partial charge in [-0.25, -0.2) is 9.59 Å². The van der Waals surface area contributed by atoms with E-state index in [1.54, 1.807) is 17.0 Å².